The molecule has 2 heterocycles. The minimum atomic E-state index is -1.02. The van der Waals surface area contributed by atoms with Crippen molar-refractivity contribution in [1.82, 2.24) is 9.88 Å². The first kappa shape index (κ1) is 19.9. The molecule has 2 atom stereocenters. The molecule has 1 aromatic heterocycles. The van der Waals surface area contributed by atoms with Gasteiger partial charge in [-0.1, -0.05) is 13.8 Å². The van der Waals surface area contributed by atoms with Gasteiger partial charge in [-0.3, -0.25) is 19.3 Å². The zero-order valence-electron chi connectivity index (χ0n) is 15.9. The number of piperidine rings is 1. The summed E-state index contributed by atoms with van der Waals surface area (Å²) in [6, 6.07) is 4.37. The van der Waals surface area contributed by atoms with Crippen LogP contribution in [0.1, 0.15) is 38.3 Å². The quantitative estimate of drug-likeness (QED) is 0.604. The van der Waals surface area contributed by atoms with E-state index in [-0.39, 0.29) is 18.4 Å². The predicted molar refractivity (Wildman–Crippen MR) is 104 cm³/mol. The molecule has 3 rings (SSSR count). The number of aromatic amines is 1. The van der Waals surface area contributed by atoms with Crippen molar-refractivity contribution in [1.29, 1.82) is 0 Å². The van der Waals surface area contributed by atoms with Crippen LogP contribution in [0.5, 0.6) is 0 Å². The lowest BCUT2D eigenvalue weighted by molar-refractivity contribution is -0.149. The van der Waals surface area contributed by atoms with Crippen LogP contribution < -0.4 is 5.32 Å². The van der Waals surface area contributed by atoms with Gasteiger partial charge in [0.1, 0.15) is 6.04 Å². The number of carboxylic acid groups (broad SMARTS) is 2. The molecule has 1 aliphatic rings. The monoisotopic (exact) mass is 387 g/mol. The number of anilines is 1. The lowest BCUT2D eigenvalue weighted by Crippen LogP contribution is -2.43. The largest absolute Gasteiger partial charge is 0.481 e. The number of H-pyrrole nitrogens is 1. The van der Waals surface area contributed by atoms with Gasteiger partial charge in [0.15, 0.2) is 0 Å². The first-order valence-corrected chi connectivity index (χ1v) is 9.39. The molecule has 0 radical (unpaired) electrons. The lowest BCUT2D eigenvalue weighted by atomic mass is 9.94. The van der Waals surface area contributed by atoms with E-state index >= 15 is 0 Å². The molecule has 8 nitrogen and oxygen atoms in total. The summed E-state index contributed by atoms with van der Waals surface area (Å²) in [5.41, 5.74) is 1.92. The smallest absolute Gasteiger partial charge is 0.325 e. The third-order valence-electron chi connectivity index (χ3n) is 5.20. The number of amides is 1. The highest BCUT2D eigenvalue weighted by atomic mass is 16.4. The summed E-state index contributed by atoms with van der Waals surface area (Å²) in [5, 5.41) is 22.7. The van der Waals surface area contributed by atoms with E-state index < -0.39 is 23.9 Å². The third kappa shape index (κ3) is 4.01. The van der Waals surface area contributed by atoms with Gasteiger partial charge in [0, 0.05) is 40.8 Å². The van der Waals surface area contributed by atoms with E-state index in [1.54, 1.807) is 43.1 Å². The molecule has 1 amide bonds. The standard InChI is InChI=1S/C20H25N3O5/c1-11(2)18(24)22-13-5-6-16-14(8-13)15(9-21-16)17(20(27)28)23-7-3-4-12(10-23)19(25)26/h5-6,8-9,11-12,17,21H,3-4,7,10H2,1-2H3,(H,22,24)(H,25,26)(H,27,28)/t12-,17-/m0/s1. The van der Waals surface area contributed by atoms with Crippen molar-refractivity contribution >= 4 is 34.4 Å². The van der Waals surface area contributed by atoms with E-state index in [1.165, 1.54) is 0 Å². The zero-order valence-corrected chi connectivity index (χ0v) is 15.9. The van der Waals surface area contributed by atoms with E-state index in [2.05, 4.69) is 10.3 Å². The van der Waals surface area contributed by atoms with Crippen molar-refractivity contribution in [3.8, 4) is 0 Å². The molecule has 1 fully saturated rings. The number of fused-ring (bicyclic) bond motifs is 1. The molecule has 1 aliphatic heterocycles. The number of hydrogen-bond acceptors (Lipinski definition) is 4. The van der Waals surface area contributed by atoms with Gasteiger partial charge in [0.25, 0.3) is 0 Å². The summed E-state index contributed by atoms with van der Waals surface area (Å²) in [7, 11) is 0. The Kier molecular flexibility index (Phi) is 5.69. The second kappa shape index (κ2) is 8.02. The highest BCUT2D eigenvalue weighted by molar-refractivity contribution is 5.96. The number of rotatable bonds is 6. The van der Waals surface area contributed by atoms with E-state index in [0.29, 0.717) is 36.0 Å². The molecule has 150 valence electrons. The van der Waals surface area contributed by atoms with Crippen LogP contribution in [0.15, 0.2) is 24.4 Å². The summed E-state index contributed by atoms with van der Waals surface area (Å²) in [5.74, 6) is -2.78. The van der Waals surface area contributed by atoms with Gasteiger partial charge in [-0.05, 0) is 37.6 Å². The van der Waals surface area contributed by atoms with E-state index in [1.807, 2.05) is 0 Å². The number of likely N-dealkylation sites (tertiary alicyclic amines) is 1. The zero-order chi connectivity index (χ0) is 20.4. The van der Waals surface area contributed by atoms with Crippen molar-refractivity contribution in [2.24, 2.45) is 11.8 Å². The SMILES string of the molecule is CC(C)C(=O)Nc1ccc2[nH]cc([C@@H](C(=O)O)N3CCC[C@H](C(=O)O)C3)c2c1. The molecule has 0 saturated carbocycles. The second-order valence-electron chi connectivity index (χ2n) is 7.56. The average molecular weight is 387 g/mol. The molecule has 28 heavy (non-hydrogen) atoms. The van der Waals surface area contributed by atoms with Crippen molar-refractivity contribution < 1.29 is 24.6 Å². The summed E-state index contributed by atoms with van der Waals surface area (Å²) < 4.78 is 0. The molecular formula is C20H25N3O5. The predicted octanol–water partition coefficient (Wildman–Crippen LogP) is 2.68. The highest BCUT2D eigenvalue weighted by Gasteiger charge is 2.35. The number of hydrogen-bond donors (Lipinski definition) is 4. The number of aliphatic carboxylic acids is 2. The number of carboxylic acids is 2. The summed E-state index contributed by atoms with van der Waals surface area (Å²) in [4.78, 5) is 40.2. The molecule has 2 aromatic rings. The van der Waals surface area contributed by atoms with Crippen molar-refractivity contribution in [3.63, 3.8) is 0 Å². The number of carbonyl (C=O) groups is 3. The maximum Gasteiger partial charge on any atom is 0.325 e. The number of benzene rings is 1. The highest BCUT2D eigenvalue weighted by Crippen LogP contribution is 2.33. The van der Waals surface area contributed by atoms with Gasteiger partial charge in [-0.25, -0.2) is 0 Å². The second-order valence-corrected chi connectivity index (χ2v) is 7.56. The Balaban J connectivity index is 1.95. The molecular weight excluding hydrogens is 362 g/mol. The van der Waals surface area contributed by atoms with Gasteiger partial charge < -0.3 is 20.5 Å². The topological polar surface area (TPSA) is 123 Å². The molecule has 1 saturated heterocycles. The minimum Gasteiger partial charge on any atom is -0.481 e. The van der Waals surface area contributed by atoms with Crippen LogP contribution in [0.3, 0.4) is 0 Å². The van der Waals surface area contributed by atoms with Crippen LogP contribution in [0.25, 0.3) is 10.9 Å². The van der Waals surface area contributed by atoms with Crippen LogP contribution in [0.4, 0.5) is 5.69 Å². The van der Waals surface area contributed by atoms with Crippen LogP contribution in [0, 0.1) is 11.8 Å². The van der Waals surface area contributed by atoms with Crippen LogP contribution in [-0.4, -0.2) is 51.0 Å². The van der Waals surface area contributed by atoms with E-state index in [0.717, 1.165) is 5.52 Å². The third-order valence-corrected chi connectivity index (χ3v) is 5.20. The Labute approximate surface area is 162 Å². The molecule has 0 aliphatic carbocycles. The number of nitrogens with zero attached hydrogens (tertiary/aromatic N) is 1. The fourth-order valence-corrected chi connectivity index (χ4v) is 3.66. The molecule has 0 unspecified atom stereocenters. The Morgan fingerprint density at radius 3 is 2.64 bits per heavy atom. The lowest BCUT2D eigenvalue weighted by Gasteiger charge is -2.34. The molecule has 4 N–H and O–H groups in total. The fraction of sp³-hybridized carbons (Fsp3) is 0.450. The molecule has 0 bridgehead atoms. The Bertz CT molecular complexity index is 904. The van der Waals surface area contributed by atoms with Gasteiger partial charge in [-0.2, -0.15) is 0 Å². The fourth-order valence-electron chi connectivity index (χ4n) is 3.66. The molecule has 0 spiro atoms. The first-order valence-electron chi connectivity index (χ1n) is 9.39. The molecule has 1 aromatic carbocycles. The van der Waals surface area contributed by atoms with Crippen molar-refractivity contribution in [2.75, 3.05) is 18.4 Å². The van der Waals surface area contributed by atoms with Crippen LogP contribution >= 0.6 is 0 Å². The maximum atomic E-state index is 12.1. The van der Waals surface area contributed by atoms with Gasteiger partial charge in [-0.15, -0.1) is 0 Å². The van der Waals surface area contributed by atoms with Gasteiger partial charge in [0.05, 0.1) is 5.92 Å². The molecule has 8 heteroatoms. The number of aromatic nitrogens is 1. The normalized spacial score (nSPS) is 18.9. The number of nitrogens with one attached hydrogen (secondary N) is 2. The average Bonchev–Trinajstić information content (AvgIpc) is 3.04. The number of carbonyl (C=O) groups excluding carboxylic acids is 1. The Morgan fingerprint density at radius 2 is 2.00 bits per heavy atom. The van der Waals surface area contributed by atoms with E-state index in [4.69, 9.17) is 0 Å². The van der Waals surface area contributed by atoms with Crippen LogP contribution in [-0.2, 0) is 14.4 Å². The van der Waals surface area contributed by atoms with Gasteiger partial charge >= 0.3 is 11.9 Å². The summed E-state index contributed by atoms with van der Waals surface area (Å²) in [6.45, 7) is 4.32. The van der Waals surface area contributed by atoms with Crippen molar-refractivity contribution in [3.05, 3.63) is 30.0 Å². The Hall–Kier alpha value is -2.87. The van der Waals surface area contributed by atoms with E-state index in [9.17, 15) is 24.6 Å². The van der Waals surface area contributed by atoms with Crippen LogP contribution in [0.2, 0.25) is 0 Å². The summed E-state index contributed by atoms with van der Waals surface area (Å²) in [6.07, 6.45) is 2.85. The summed E-state index contributed by atoms with van der Waals surface area (Å²) >= 11 is 0. The minimum absolute atomic E-state index is 0.119. The van der Waals surface area contributed by atoms with Gasteiger partial charge in [0.2, 0.25) is 5.91 Å². The Morgan fingerprint density at radius 1 is 1.25 bits per heavy atom. The van der Waals surface area contributed by atoms with Crippen molar-refractivity contribution in [2.45, 2.75) is 32.7 Å². The first-order chi connectivity index (χ1) is 13.3. The maximum absolute atomic E-state index is 12.1.